The summed E-state index contributed by atoms with van der Waals surface area (Å²) in [6.07, 6.45) is -0.658. The second-order valence-corrected chi connectivity index (χ2v) is 2.87. The molecule has 1 atom stereocenters. The van der Waals surface area contributed by atoms with Gasteiger partial charge in [-0.25, -0.2) is 5.84 Å². The highest BCUT2D eigenvalue weighted by Gasteiger charge is 2.10. The number of rotatable bonds is 2. The first kappa shape index (κ1) is 9.74. The van der Waals surface area contributed by atoms with Gasteiger partial charge in [0.1, 0.15) is 0 Å². The molecule has 0 fully saturated rings. The van der Waals surface area contributed by atoms with E-state index in [-0.39, 0.29) is 0 Å². The van der Waals surface area contributed by atoms with Crippen molar-refractivity contribution >= 4 is 15.9 Å². The normalized spacial score (nSPS) is 16.1. The van der Waals surface area contributed by atoms with Crippen LogP contribution >= 0.6 is 15.9 Å². The summed E-state index contributed by atoms with van der Waals surface area (Å²) in [5.41, 5.74) is 5.83. The lowest BCUT2D eigenvalue weighted by Gasteiger charge is -2.19. The predicted molar refractivity (Wildman–Crippen MR) is 43.8 cm³/mol. The van der Waals surface area contributed by atoms with E-state index in [1.54, 1.807) is 14.0 Å². The zero-order chi connectivity index (χ0) is 8.31. The Morgan fingerprint density at radius 2 is 2.10 bits per heavy atom. The lowest BCUT2D eigenvalue weighted by molar-refractivity contribution is 0.189. The Labute approximate surface area is 68.6 Å². The van der Waals surface area contributed by atoms with Crippen molar-refractivity contribution in [2.24, 2.45) is 11.6 Å². The summed E-state index contributed by atoms with van der Waals surface area (Å²) in [6, 6.07) is 0. The first-order chi connectivity index (χ1) is 4.46. The maximum absolute atomic E-state index is 9.06. The molecule has 0 saturated carbocycles. The highest BCUT2D eigenvalue weighted by molar-refractivity contribution is 9.11. The lowest BCUT2D eigenvalue weighted by atomic mass is 10.3. The van der Waals surface area contributed by atoms with Crippen LogP contribution in [0.5, 0.6) is 0 Å². The van der Waals surface area contributed by atoms with Gasteiger partial charge in [-0.1, -0.05) is 0 Å². The average Bonchev–Trinajstić information content (AvgIpc) is 1.59. The third-order valence-electron chi connectivity index (χ3n) is 1.02. The Morgan fingerprint density at radius 3 is 2.10 bits per heavy atom. The van der Waals surface area contributed by atoms with Gasteiger partial charge in [0.25, 0.3) is 0 Å². The number of likely N-dealkylation sites (N-methyl/N-ethyl adjacent to an activating group) is 1. The molecule has 0 aliphatic heterocycles. The second kappa shape index (κ2) is 3.80. The minimum atomic E-state index is -0.658. The van der Waals surface area contributed by atoms with Gasteiger partial charge in [-0.3, -0.25) is 0 Å². The molecule has 0 amide bonds. The highest BCUT2D eigenvalue weighted by Crippen LogP contribution is 2.10. The largest absolute Gasteiger partial charge is 0.392 e. The minimum absolute atomic E-state index is 0.354. The summed E-state index contributed by atoms with van der Waals surface area (Å²) in [7, 11) is 1.61. The molecule has 0 aromatic rings. The van der Waals surface area contributed by atoms with Crippen LogP contribution in [0.3, 0.4) is 0 Å². The summed E-state index contributed by atoms with van der Waals surface area (Å²) >= 11 is 3.02. The van der Waals surface area contributed by atoms with E-state index in [2.05, 4.69) is 15.9 Å². The van der Waals surface area contributed by atoms with Gasteiger partial charge in [0.15, 0.2) is 0 Å². The molecule has 0 aromatic carbocycles. The molecule has 0 saturated heterocycles. The van der Waals surface area contributed by atoms with Crippen molar-refractivity contribution in [3.63, 3.8) is 0 Å². The third-order valence-corrected chi connectivity index (χ3v) is 1.43. The van der Waals surface area contributed by atoms with Crippen LogP contribution in [-0.4, -0.2) is 23.3 Å². The van der Waals surface area contributed by atoms with Crippen LogP contribution in [0.2, 0.25) is 0 Å². The van der Waals surface area contributed by atoms with Gasteiger partial charge in [0.2, 0.25) is 0 Å². The van der Waals surface area contributed by atoms with Crippen LogP contribution in [0.4, 0.5) is 0 Å². The Bertz CT molecular complexity index is 130. The molecule has 4 nitrogen and oxygen atoms in total. The van der Waals surface area contributed by atoms with Crippen LogP contribution in [-0.2, 0) is 0 Å². The number of hydrazine groups is 1. The van der Waals surface area contributed by atoms with E-state index < -0.39 is 6.10 Å². The van der Waals surface area contributed by atoms with Crippen LogP contribution in [0.1, 0.15) is 6.92 Å². The molecule has 0 aliphatic carbocycles. The van der Waals surface area contributed by atoms with Crippen molar-refractivity contribution in [2.75, 3.05) is 7.05 Å². The molecule has 0 aromatic heterocycles. The van der Waals surface area contributed by atoms with E-state index in [0.717, 1.165) is 0 Å². The maximum atomic E-state index is 9.06. The number of hydrogen-bond donors (Lipinski definition) is 3. The van der Waals surface area contributed by atoms with Gasteiger partial charge >= 0.3 is 0 Å². The molecule has 60 valence electrons. The van der Waals surface area contributed by atoms with Crippen LogP contribution in [0, 0.1) is 0 Å². The van der Waals surface area contributed by atoms with Crippen molar-refractivity contribution in [1.82, 2.24) is 5.01 Å². The molecule has 5 heteroatoms. The lowest BCUT2D eigenvalue weighted by Crippen LogP contribution is -2.32. The Balaban J connectivity index is 4.44. The van der Waals surface area contributed by atoms with Crippen LogP contribution in [0.25, 0.3) is 0 Å². The van der Waals surface area contributed by atoms with E-state index in [1.807, 2.05) is 0 Å². The fourth-order valence-electron chi connectivity index (χ4n) is 0.663. The predicted octanol–water partition coefficient (Wildman–Crippen LogP) is -0.305. The summed E-state index contributed by atoms with van der Waals surface area (Å²) < 4.78 is 0.354. The van der Waals surface area contributed by atoms with Crippen molar-refractivity contribution in [2.45, 2.75) is 13.0 Å². The summed E-state index contributed by atoms with van der Waals surface area (Å²) in [6.45, 7) is 1.59. The monoisotopic (exact) mass is 209 g/mol. The van der Waals surface area contributed by atoms with E-state index >= 15 is 0 Å². The molecule has 0 radical (unpaired) electrons. The third kappa shape index (κ3) is 2.55. The second-order valence-electron chi connectivity index (χ2n) is 2.02. The van der Waals surface area contributed by atoms with Crippen LogP contribution in [0.15, 0.2) is 10.3 Å². The van der Waals surface area contributed by atoms with Gasteiger partial charge in [0, 0.05) is 7.05 Å². The van der Waals surface area contributed by atoms with Gasteiger partial charge in [-0.05, 0) is 22.9 Å². The van der Waals surface area contributed by atoms with Crippen molar-refractivity contribution in [1.29, 1.82) is 0 Å². The van der Waals surface area contributed by atoms with Crippen molar-refractivity contribution < 1.29 is 5.11 Å². The van der Waals surface area contributed by atoms with E-state index in [4.69, 9.17) is 16.7 Å². The summed E-state index contributed by atoms with van der Waals surface area (Å²) in [5, 5.41) is 10.3. The zero-order valence-electron chi connectivity index (χ0n) is 6.00. The molecule has 10 heavy (non-hydrogen) atoms. The fraction of sp³-hybridized carbons (Fsp3) is 0.600. The first-order valence-corrected chi connectivity index (χ1v) is 3.57. The van der Waals surface area contributed by atoms with E-state index in [1.165, 1.54) is 5.01 Å². The van der Waals surface area contributed by atoms with Gasteiger partial charge < -0.3 is 15.8 Å². The molecule has 5 N–H and O–H groups in total. The SMILES string of the molecule is CC(O)/C(=C(/N)Br)N(C)N. The quantitative estimate of drug-likeness (QED) is 0.332. The van der Waals surface area contributed by atoms with Crippen molar-refractivity contribution in [3.8, 4) is 0 Å². The standard InChI is InChI=1S/C5H12BrN3O/c1-3(10)4(5(6)7)9(2)8/h3,10H,7-8H2,1-2H3/b5-4-. The van der Waals surface area contributed by atoms with Gasteiger partial charge in [-0.15, -0.1) is 0 Å². The number of nitrogens with zero attached hydrogens (tertiary/aromatic N) is 1. The van der Waals surface area contributed by atoms with Crippen LogP contribution < -0.4 is 11.6 Å². The molecule has 0 heterocycles. The first-order valence-electron chi connectivity index (χ1n) is 2.78. The molecule has 0 spiro atoms. The summed E-state index contributed by atoms with van der Waals surface area (Å²) in [4.78, 5) is 0. The fourth-order valence-corrected chi connectivity index (χ4v) is 1.27. The van der Waals surface area contributed by atoms with Crippen molar-refractivity contribution in [3.05, 3.63) is 10.3 Å². The number of aliphatic hydroxyl groups is 1. The molecule has 1 unspecified atom stereocenters. The Morgan fingerprint density at radius 1 is 1.70 bits per heavy atom. The minimum Gasteiger partial charge on any atom is -0.392 e. The number of hydrogen-bond acceptors (Lipinski definition) is 4. The van der Waals surface area contributed by atoms with Gasteiger partial charge in [-0.2, -0.15) is 0 Å². The van der Waals surface area contributed by atoms with E-state index in [0.29, 0.717) is 10.3 Å². The molecule has 0 bridgehead atoms. The molecular formula is C5H12BrN3O. The smallest absolute Gasteiger partial charge is 0.0989 e. The molecule has 0 rings (SSSR count). The molecular weight excluding hydrogens is 198 g/mol. The highest BCUT2D eigenvalue weighted by atomic mass is 79.9. The zero-order valence-corrected chi connectivity index (χ0v) is 7.59. The van der Waals surface area contributed by atoms with Gasteiger partial charge in [0.05, 0.1) is 16.4 Å². The average molecular weight is 210 g/mol. The Hall–Kier alpha value is -0.260. The Kier molecular flexibility index (Phi) is 3.70. The summed E-state index contributed by atoms with van der Waals surface area (Å²) in [5.74, 6) is 5.34. The molecule has 0 aliphatic rings. The number of nitrogens with two attached hydrogens (primary N) is 2. The maximum Gasteiger partial charge on any atom is 0.0989 e. The van der Waals surface area contributed by atoms with E-state index in [9.17, 15) is 0 Å². The number of halogens is 1. The topological polar surface area (TPSA) is 75.5 Å². The number of aliphatic hydroxyl groups excluding tert-OH is 1.